The van der Waals surface area contributed by atoms with Crippen LogP contribution in [0.3, 0.4) is 0 Å². The van der Waals surface area contributed by atoms with Crippen molar-refractivity contribution in [3.05, 3.63) is 29.8 Å². The number of ether oxygens (including phenoxy) is 1. The van der Waals surface area contributed by atoms with E-state index >= 15 is 0 Å². The predicted molar refractivity (Wildman–Crippen MR) is 91.6 cm³/mol. The lowest BCUT2D eigenvalue weighted by Crippen LogP contribution is -2.43. The molecule has 1 N–H and O–H groups in total. The first-order valence-corrected chi connectivity index (χ1v) is 8.90. The zero-order chi connectivity index (χ0) is 16.1. The van der Waals surface area contributed by atoms with E-state index in [0.29, 0.717) is 18.4 Å². The molecule has 4 heteroatoms. The fourth-order valence-electron chi connectivity index (χ4n) is 3.87. The maximum atomic E-state index is 12.4. The predicted octanol–water partition coefficient (Wildman–Crippen LogP) is 2.62. The molecule has 2 saturated heterocycles. The summed E-state index contributed by atoms with van der Waals surface area (Å²) in [6.45, 7) is 3.04. The average molecular weight is 316 g/mol. The van der Waals surface area contributed by atoms with Crippen molar-refractivity contribution in [1.82, 2.24) is 10.2 Å². The second-order valence-electron chi connectivity index (χ2n) is 6.77. The Morgan fingerprint density at radius 3 is 2.57 bits per heavy atom. The molecule has 0 aromatic heterocycles. The molecule has 3 rings (SSSR count). The molecule has 1 atom stereocenters. The highest BCUT2D eigenvalue weighted by molar-refractivity contribution is 5.76. The lowest BCUT2D eigenvalue weighted by Gasteiger charge is -2.35. The Kier molecular flexibility index (Phi) is 5.55. The highest BCUT2D eigenvalue weighted by Gasteiger charge is 2.29. The molecule has 2 heterocycles. The summed E-state index contributed by atoms with van der Waals surface area (Å²) in [6, 6.07) is 8.71. The van der Waals surface area contributed by atoms with Crippen molar-refractivity contribution >= 4 is 5.91 Å². The van der Waals surface area contributed by atoms with Gasteiger partial charge in [-0.15, -0.1) is 0 Å². The lowest BCUT2D eigenvalue weighted by molar-refractivity contribution is -0.132. The molecule has 2 aliphatic heterocycles. The number of methoxy groups -OCH3 is 1. The summed E-state index contributed by atoms with van der Waals surface area (Å²) in [5.74, 6) is 1.93. The molecule has 0 radical (unpaired) electrons. The molecule has 1 aromatic rings. The van der Waals surface area contributed by atoms with Gasteiger partial charge in [-0.05, 0) is 62.3 Å². The van der Waals surface area contributed by atoms with E-state index in [9.17, 15) is 4.79 Å². The van der Waals surface area contributed by atoms with Crippen LogP contribution in [0.25, 0.3) is 0 Å². The first kappa shape index (κ1) is 16.3. The van der Waals surface area contributed by atoms with E-state index in [1.165, 1.54) is 24.9 Å². The van der Waals surface area contributed by atoms with Crippen molar-refractivity contribution in [2.75, 3.05) is 26.7 Å². The highest BCUT2D eigenvalue weighted by Crippen LogP contribution is 2.26. The van der Waals surface area contributed by atoms with Crippen molar-refractivity contribution in [3.63, 3.8) is 0 Å². The van der Waals surface area contributed by atoms with Gasteiger partial charge in [-0.1, -0.05) is 12.1 Å². The van der Waals surface area contributed by atoms with Crippen LogP contribution in [-0.4, -0.2) is 43.6 Å². The molecule has 1 aromatic carbocycles. The molecule has 2 fully saturated rings. The Balaban J connectivity index is 1.42. The van der Waals surface area contributed by atoms with Crippen molar-refractivity contribution in [3.8, 4) is 5.75 Å². The van der Waals surface area contributed by atoms with E-state index in [1.54, 1.807) is 7.11 Å². The Labute approximate surface area is 139 Å². The molecule has 1 amide bonds. The summed E-state index contributed by atoms with van der Waals surface area (Å²) in [5, 5.41) is 3.61. The molecule has 2 aliphatic rings. The number of likely N-dealkylation sites (tertiary alicyclic amines) is 1. The summed E-state index contributed by atoms with van der Waals surface area (Å²) in [7, 11) is 1.67. The van der Waals surface area contributed by atoms with Crippen LogP contribution >= 0.6 is 0 Å². The average Bonchev–Trinajstić information content (AvgIpc) is 3.15. The standard InChI is InChI=1S/C19H28N2O2/c1-23-17-7-4-15(5-8-17)6-9-19(22)21-13-10-16(11-14-21)18-3-2-12-20-18/h4-5,7-8,16,18,20H,2-3,6,9-14H2,1H3. The number of nitrogens with zero attached hydrogens (tertiary/aromatic N) is 1. The summed E-state index contributed by atoms with van der Waals surface area (Å²) in [5.41, 5.74) is 1.20. The zero-order valence-electron chi connectivity index (χ0n) is 14.1. The maximum Gasteiger partial charge on any atom is 0.222 e. The molecular formula is C19H28N2O2. The van der Waals surface area contributed by atoms with Crippen LogP contribution in [0.5, 0.6) is 5.75 Å². The number of carbonyl (C=O) groups excluding carboxylic acids is 1. The first-order chi connectivity index (χ1) is 11.3. The number of piperidine rings is 1. The Morgan fingerprint density at radius 1 is 1.22 bits per heavy atom. The van der Waals surface area contributed by atoms with E-state index in [2.05, 4.69) is 10.2 Å². The second kappa shape index (κ2) is 7.82. The van der Waals surface area contributed by atoms with Crippen molar-refractivity contribution in [2.45, 2.75) is 44.6 Å². The second-order valence-corrected chi connectivity index (χ2v) is 6.77. The quantitative estimate of drug-likeness (QED) is 0.908. The van der Waals surface area contributed by atoms with Gasteiger partial charge in [0, 0.05) is 25.6 Å². The number of carbonyl (C=O) groups is 1. The van der Waals surface area contributed by atoms with Crippen LogP contribution in [0.4, 0.5) is 0 Å². The van der Waals surface area contributed by atoms with Crippen LogP contribution in [-0.2, 0) is 11.2 Å². The minimum Gasteiger partial charge on any atom is -0.497 e. The van der Waals surface area contributed by atoms with E-state index < -0.39 is 0 Å². The Morgan fingerprint density at radius 2 is 1.96 bits per heavy atom. The number of nitrogens with one attached hydrogen (secondary N) is 1. The van der Waals surface area contributed by atoms with Gasteiger partial charge >= 0.3 is 0 Å². The minimum atomic E-state index is 0.304. The van der Waals surface area contributed by atoms with Crippen LogP contribution in [0.2, 0.25) is 0 Å². The number of hydrogen-bond donors (Lipinski definition) is 1. The van der Waals surface area contributed by atoms with Gasteiger partial charge in [0.05, 0.1) is 7.11 Å². The van der Waals surface area contributed by atoms with Crippen LogP contribution in [0.15, 0.2) is 24.3 Å². The van der Waals surface area contributed by atoms with Gasteiger partial charge in [-0.2, -0.15) is 0 Å². The van der Waals surface area contributed by atoms with E-state index in [0.717, 1.165) is 44.0 Å². The molecule has 0 bridgehead atoms. The van der Waals surface area contributed by atoms with Crippen LogP contribution in [0.1, 0.15) is 37.7 Å². The van der Waals surface area contributed by atoms with Crippen molar-refractivity contribution < 1.29 is 9.53 Å². The van der Waals surface area contributed by atoms with Crippen molar-refractivity contribution in [2.24, 2.45) is 5.92 Å². The number of amides is 1. The van der Waals surface area contributed by atoms with Crippen LogP contribution in [0, 0.1) is 5.92 Å². The molecule has 0 spiro atoms. The normalized spacial score (nSPS) is 22.3. The van der Waals surface area contributed by atoms with Crippen LogP contribution < -0.4 is 10.1 Å². The molecular weight excluding hydrogens is 288 g/mol. The van der Waals surface area contributed by atoms with Gasteiger partial charge in [0.15, 0.2) is 0 Å². The number of rotatable bonds is 5. The van der Waals surface area contributed by atoms with Gasteiger partial charge in [0.25, 0.3) is 0 Å². The topological polar surface area (TPSA) is 41.6 Å². The van der Waals surface area contributed by atoms with Crippen molar-refractivity contribution in [1.29, 1.82) is 0 Å². The monoisotopic (exact) mass is 316 g/mol. The largest absolute Gasteiger partial charge is 0.497 e. The minimum absolute atomic E-state index is 0.304. The lowest BCUT2D eigenvalue weighted by atomic mass is 9.88. The molecule has 126 valence electrons. The first-order valence-electron chi connectivity index (χ1n) is 8.90. The smallest absolute Gasteiger partial charge is 0.222 e. The summed E-state index contributed by atoms with van der Waals surface area (Å²) < 4.78 is 5.16. The van der Waals surface area contributed by atoms with Gasteiger partial charge in [-0.25, -0.2) is 0 Å². The third-order valence-electron chi connectivity index (χ3n) is 5.35. The molecule has 0 saturated carbocycles. The third-order valence-corrected chi connectivity index (χ3v) is 5.35. The summed E-state index contributed by atoms with van der Waals surface area (Å²) in [4.78, 5) is 14.5. The van der Waals surface area contributed by atoms with Gasteiger partial charge in [0.2, 0.25) is 5.91 Å². The van der Waals surface area contributed by atoms with Gasteiger partial charge in [-0.3, -0.25) is 4.79 Å². The van der Waals surface area contributed by atoms with E-state index in [-0.39, 0.29) is 0 Å². The number of hydrogen-bond acceptors (Lipinski definition) is 3. The Hall–Kier alpha value is -1.55. The third kappa shape index (κ3) is 4.25. The fraction of sp³-hybridized carbons (Fsp3) is 0.632. The molecule has 4 nitrogen and oxygen atoms in total. The summed E-state index contributed by atoms with van der Waals surface area (Å²) in [6.07, 6.45) is 6.37. The fourth-order valence-corrected chi connectivity index (χ4v) is 3.87. The van der Waals surface area contributed by atoms with E-state index in [4.69, 9.17) is 4.74 Å². The maximum absolute atomic E-state index is 12.4. The molecule has 23 heavy (non-hydrogen) atoms. The summed E-state index contributed by atoms with van der Waals surface area (Å²) >= 11 is 0. The Bertz CT molecular complexity index is 501. The number of aryl methyl sites for hydroxylation is 1. The van der Waals surface area contributed by atoms with E-state index in [1.807, 2.05) is 24.3 Å². The SMILES string of the molecule is COc1ccc(CCC(=O)N2CCC(C3CCCN3)CC2)cc1. The molecule has 1 unspecified atom stereocenters. The zero-order valence-corrected chi connectivity index (χ0v) is 14.1. The molecule has 0 aliphatic carbocycles. The van der Waals surface area contributed by atoms with Gasteiger partial charge in [0.1, 0.15) is 5.75 Å². The number of benzene rings is 1. The highest BCUT2D eigenvalue weighted by atomic mass is 16.5. The van der Waals surface area contributed by atoms with Gasteiger partial charge < -0.3 is 15.0 Å².